The van der Waals surface area contributed by atoms with Gasteiger partial charge in [0.05, 0.1) is 11.4 Å². The van der Waals surface area contributed by atoms with Gasteiger partial charge < -0.3 is 20.6 Å². The maximum absolute atomic E-state index is 11.8. The van der Waals surface area contributed by atoms with Crippen LogP contribution in [0.4, 0.5) is 5.69 Å². The summed E-state index contributed by atoms with van der Waals surface area (Å²) in [4.78, 5) is 34.2. The number of aliphatic hydroxyl groups is 1. The first-order chi connectivity index (χ1) is 17.8. The molecule has 0 unspecified atom stereocenters. The first-order valence-electron chi connectivity index (χ1n) is 13.7. The monoisotopic (exact) mass is 535 g/mol. The van der Waals surface area contributed by atoms with Crippen LogP contribution in [0.3, 0.4) is 0 Å². The number of unbranched alkanes of at least 4 members (excludes halogenated alkanes) is 10. The molecule has 0 bridgehead atoms. The van der Waals surface area contributed by atoms with Crippen LogP contribution in [0.15, 0.2) is 41.3 Å². The number of amides is 1. The maximum Gasteiger partial charge on any atom is 0.312 e. The maximum atomic E-state index is 11.8. The first-order valence-corrected chi connectivity index (χ1v) is 14.5. The first kappa shape index (κ1) is 32.7. The number of aliphatic carboxylic acids is 2. The third-order valence-corrected chi connectivity index (χ3v) is 7.29. The summed E-state index contributed by atoms with van der Waals surface area (Å²) >= 11 is 1.44. The van der Waals surface area contributed by atoms with E-state index in [9.17, 15) is 19.5 Å². The highest BCUT2D eigenvalue weighted by atomic mass is 32.2. The van der Waals surface area contributed by atoms with Gasteiger partial charge in [-0.25, -0.2) is 0 Å². The minimum absolute atomic E-state index is 0.0157. The number of carbonyl (C=O) groups excluding carboxylic acids is 1. The van der Waals surface area contributed by atoms with Crippen LogP contribution in [0.25, 0.3) is 0 Å². The van der Waals surface area contributed by atoms with Gasteiger partial charge in [0.2, 0.25) is 5.91 Å². The molecule has 0 aliphatic heterocycles. The molecular weight excluding hydrogens is 490 g/mol. The molecule has 0 heterocycles. The van der Waals surface area contributed by atoms with Crippen molar-refractivity contribution in [2.75, 3.05) is 5.32 Å². The number of aliphatic hydroxyl groups excluding tert-OH is 1. The van der Waals surface area contributed by atoms with Gasteiger partial charge >= 0.3 is 11.9 Å². The lowest BCUT2D eigenvalue weighted by Gasteiger charge is -2.20. The van der Waals surface area contributed by atoms with Gasteiger partial charge in [0.1, 0.15) is 6.42 Å². The van der Waals surface area contributed by atoms with Crippen molar-refractivity contribution in [3.05, 3.63) is 36.4 Å². The lowest BCUT2D eigenvalue weighted by Crippen LogP contribution is -2.21. The fraction of sp³-hybridized carbons (Fsp3) is 0.621. The van der Waals surface area contributed by atoms with Crippen molar-refractivity contribution >= 4 is 35.3 Å². The largest absolute Gasteiger partial charge is 0.481 e. The molecule has 8 heteroatoms. The Balaban J connectivity index is 2.57. The minimum atomic E-state index is -1.19. The second-order valence-corrected chi connectivity index (χ2v) is 10.7. The fourth-order valence-electron chi connectivity index (χ4n) is 4.00. The normalized spacial score (nSPS) is 12.9. The van der Waals surface area contributed by atoms with Crippen LogP contribution in [0.2, 0.25) is 0 Å². The van der Waals surface area contributed by atoms with Gasteiger partial charge in [-0.3, -0.25) is 14.4 Å². The number of rotatable bonds is 22. The zero-order valence-electron chi connectivity index (χ0n) is 22.2. The van der Waals surface area contributed by atoms with Crippen molar-refractivity contribution < 1.29 is 29.7 Å². The Hall–Kier alpha value is -2.32. The zero-order valence-corrected chi connectivity index (χ0v) is 23.0. The molecule has 0 spiro atoms. The molecule has 2 atom stereocenters. The molecule has 1 aromatic rings. The number of nitrogens with one attached hydrogen (secondary N) is 1. The molecule has 1 aromatic carbocycles. The molecule has 1 amide bonds. The van der Waals surface area contributed by atoms with Crippen molar-refractivity contribution in [2.45, 2.75) is 119 Å². The van der Waals surface area contributed by atoms with E-state index in [0.717, 1.165) is 17.7 Å². The second kappa shape index (κ2) is 20.7. The second-order valence-electron chi connectivity index (χ2n) is 9.48. The smallest absolute Gasteiger partial charge is 0.312 e. The molecule has 1 rings (SSSR count). The zero-order chi connectivity index (χ0) is 27.3. The van der Waals surface area contributed by atoms with E-state index in [1.165, 1.54) is 69.5 Å². The molecular formula is C29H45NO6S. The van der Waals surface area contributed by atoms with Gasteiger partial charge in [-0.05, 0) is 43.9 Å². The molecule has 0 aliphatic rings. The third-order valence-electron chi connectivity index (χ3n) is 6.02. The van der Waals surface area contributed by atoms with E-state index in [1.807, 2.05) is 12.1 Å². The van der Waals surface area contributed by atoms with E-state index in [2.05, 4.69) is 18.3 Å². The van der Waals surface area contributed by atoms with Crippen LogP contribution >= 0.6 is 11.8 Å². The van der Waals surface area contributed by atoms with Crippen molar-refractivity contribution in [3.63, 3.8) is 0 Å². The molecule has 0 fully saturated rings. The summed E-state index contributed by atoms with van der Waals surface area (Å²) in [5.74, 6) is -2.67. The van der Waals surface area contributed by atoms with Crippen molar-refractivity contribution in [3.8, 4) is 0 Å². The quantitative estimate of drug-likeness (QED) is 0.0543. The standard InChI is InChI=1S/C29H45NO6S/c1-2-3-4-5-6-7-8-9-10-11-12-13-19-26(25(31)18-15-20-28(33)34)37-24-17-14-16-23(21-24)30-27(32)22-29(35)36/h13-14,16-17,19,21,25-26,31H,2-12,15,18,20,22H2,1H3,(H,30,32)(H,33,34)(H,35,36)/b19-13-/t25-,26+/m0/s1. The van der Waals surface area contributed by atoms with Gasteiger partial charge in [-0.15, -0.1) is 11.8 Å². The molecule has 0 aromatic heterocycles. The third kappa shape index (κ3) is 17.7. The summed E-state index contributed by atoms with van der Waals surface area (Å²) in [6.07, 6.45) is 17.3. The van der Waals surface area contributed by atoms with Crippen molar-refractivity contribution in [1.82, 2.24) is 0 Å². The molecule has 0 aliphatic carbocycles. The number of carboxylic acid groups (broad SMARTS) is 2. The Bertz CT molecular complexity index is 828. The Kier molecular flexibility index (Phi) is 18.3. The van der Waals surface area contributed by atoms with Crippen LogP contribution in [0.1, 0.15) is 103 Å². The summed E-state index contributed by atoms with van der Waals surface area (Å²) in [6, 6.07) is 7.06. The summed E-state index contributed by atoms with van der Waals surface area (Å²) in [7, 11) is 0. The average Bonchev–Trinajstić information content (AvgIpc) is 2.83. The highest BCUT2D eigenvalue weighted by Gasteiger charge is 2.18. The summed E-state index contributed by atoms with van der Waals surface area (Å²) in [5, 5.41) is 30.8. The van der Waals surface area contributed by atoms with E-state index >= 15 is 0 Å². The van der Waals surface area contributed by atoms with E-state index in [4.69, 9.17) is 10.2 Å². The molecule has 208 valence electrons. The average molecular weight is 536 g/mol. The van der Waals surface area contributed by atoms with Crippen LogP contribution in [0, 0.1) is 0 Å². The van der Waals surface area contributed by atoms with Gasteiger partial charge in [0.15, 0.2) is 0 Å². The SMILES string of the molecule is CCCCCCCCCCCC/C=C\[C@@H](Sc1cccc(NC(=O)CC(=O)O)c1)[C@@H](O)CCCC(=O)O. The number of anilines is 1. The van der Waals surface area contributed by atoms with Crippen LogP contribution < -0.4 is 5.32 Å². The topological polar surface area (TPSA) is 124 Å². The Labute approximate surface area is 226 Å². The van der Waals surface area contributed by atoms with Crippen LogP contribution in [-0.2, 0) is 14.4 Å². The van der Waals surface area contributed by atoms with Gasteiger partial charge in [0.25, 0.3) is 0 Å². The van der Waals surface area contributed by atoms with Gasteiger partial charge in [0, 0.05) is 17.0 Å². The number of benzene rings is 1. The predicted octanol–water partition coefficient (Wildman–Crippen LogP) is 7.04. The fourth-order valence-corrected chi connectivity index (χ4v) is 5.15. The number of thioether (sulfide) groups is 1. The highest BCUT2D eigenvalue weighted by molar-refractivity contribution is 8.00. The number of carbonyl (C=O) groups is 3. The van der Waals surface area contributed by atoms with Crippen molar-refractivity contribution in [2.24, 2.45) is 0 Å². The van der Waals surface area contributed by atoms with E-state index < -0.39 is 30.4 Å². The van der Waals surface area contributed by atoms with E-state index in [-0.39, 0.29) is 11.7 Å². The summed E-state index contributed by atoms with van der Waals surface area (Å²) in [5.41, 5.74) is 0.490. The number of allylic oxidation sites excluding steroid dienone is 1. The van der Waals surface area contributed by atoms with Crippen molar-refractivity contribution in [1.29, 1.82) is 0 Å². The summed E-state index contributed by atoms with van der Waals surface area (Å²) < 4.78 is 0. The number of hydrogen-bond acceptors (Lipinski definition) is 5. The lowest BCUT2D eigenvalue weighted by atomic mass is 10.1. The van der Waals surface area contributed by atoms with Crippen LogP contribution in [-0.4, -0.2) is 44.5 Å². The number of hydrogen-bond donors (Lipinski definition) is 4. The summed E-state index contributed by atoms with van der Waals surface area (Å²) in [6.45, 7) is 2.24. The lowest BCUT2D eigenvalue weighted by molar-refractivity contribution is -0.140. The molecule has 7 nitrogen and oxygen atoms in total. The van der Waals surface area contributed by atoms with E-state index in [1.54, 1.807) is 18.2 Å². The Morgan fingerprint density at radius 2 is 1.57 bits per heavy atom. The molecule has 0 saturated carbocycles. The minimum Gasteiger partial charge on any atom is -0.481 e. The molecule has 4 N–H and O–H groups in total. The molecule has 37 heavy (non-hydrogen) atoms. The number of carboxylic acids is 2. The molecule has 0 radical (unpaired) electrons. The Morgan fingerprint density at radius 1 is 0.919 bits per heavy atom. The van der Waals surface area contributed by atoms with Crippen LogP contribution in [0.5, 0.6) is 0 Å². The highest BCUT2D eigenvalue weighted by Crippen LogP contribution is 2.30. The molecule has 0 saturated heterocycles. The van der Waals surface area contributed by atoms with E-state index in [0.29, 0.717) is 18.5 Å². The van der Waals surface area contributed by atoms with Gasteiger partial charge in [-0.2, -0.15) is 0 Å². The predicted molar refractivity (Wildman–Crippen MR) is 150 cm³/mol. The Morgan fingerprint density at radius 3 is 2.19 bits per heavy atom. The van der Waals surface area contributed by atoms with Gasteiger partial charge in [-0.1, -0.05) is 82.9 Å².